The lowest BCUT2D eigenvalue weighted by molar-refractivity contribution is -0.114. The molecule has 1 aliphatic carbocycles. The van der Waals surface area contributed by atoms with Crippen LogP contribution in [0.1, 0.15) is 56.1 Å². The van der Waals surface area contributed by atoms with Crippen LogP contribution in [-0.2, 0) is 22.4 Å². The Bertz CT molecular complexity index is 1240. The molecule has 0 saturated carbocycles. The molecule has 0 aromatic carbocycles. The van der Waals surface area contributed by atoms with E-state index in [1.165, 1.54) is 23.8 Å². The van der Waals surface area contributed by atoms with Gasteiger partial charge in [-0.1, -0.05) is 11.3 Å². The molecule has 1 fully saturated rings. The summed E-state index contributed by atoms with van der Waals surface area (Å²) < 4.78 is 7.36. The highest BCUT2D eigenvalue weighted by molar-refractivity contribution is 7.19. The molecule has 3 aromatic rings. The summed E-state index contributed by atoms with van der Waals surface area (Å²) in [5.41, 5.74) is 6.25. The van der Waals surface area contributed by atoms with E-state index in [2.05, 4.69) is 21.0 Å². The zero-order valence-corrected chi connectivity index (χ0v) is 21.2. The van der Waals surface area contributed by atoms with Crippen LogP contribution < -0.4 is 5.32 Å². The van der Waals surface area contributed by atoms with Crippen LogP contribution in [-0.4, -0.2) is 56.3 Å². The highest BCUT2D eigenvalue weighted by Crippen LogP contribution is 2.44. The number of carbonyl (C=O) groups is 2. The Kier molecular flexibility index (Phi) is 6.55. The molecule has 10 heteroatoms. The average molecular weight is 495 g/mol. The number of thiazole rings is 1. The first-order chi connectivity index (χ1) is 16.9. The second kappa shape index (κ2) is 9.77. The summed E-state index contributed by atoms with van der Waals surface area (Å²) in [4.78, 5) is 36.0. The van der Waals surface area contributed by atoms with Gasteiger partial charge in [-0.3, -0.25) is 14.5 Å². The molecule has 0 atom stereocenters. The van der Waals surface area contributed by atoms with Gasteiger partial charge in [0.05, 0.1) is 34.6 Å². The molecule has 9 nitrogen and oxygen atoms in total. The number of amides is 2. The molecule has 1 aliphatic heterocycles. The maximum absolute atomic E-state index is 12.2. The third-order valence-electron chi connectivity index (χ3n) is 6.57. The Morgan fingerprint density at radius 2 is 2.03 bits per heavy atom. The molecule has 0 bridgehead atoms. The van der Waals surface area contributed by atoms with Crippen molar-refractivity contribution in [3.63, 3.8) is 0 Å². The maximum atomic E-state index is 12.2. The molecule has 3 aromatic heterocycles. The Morgan fingerprint density at radius 3 is 2.71 bits per heavy atom. The van der Waals surface area contributed by atoms with Crippen LogP contribution in [0.2, 0.25) is 0 Å². The Balaban J connectivity index is 1.57. The lowest BCUT2D eigenvalue weighted by atomic mass is 10.0. The van der Waals surface area contributed by atoms with Gasteiger partial charge in [-0.2, -0.15) is 5.10 Å². The van der Waals surface area contributed by atoms with E-state index in [0.717, 1.165) is 65.3 Å². The molecular weight excluding hydrogens is 464 g/mol. The largest absolute Gasteiger partial charge is 0.450 e. The Labute approximate surface area is 208 Å². The number of pyridine rings is 1. The van der Waals surface area contributed by atoms with Gasteiger partial charge < -0.3 is 15.0 Å². The molecule has 35 heavy (non-hydrogen) atoms. The van der Waals surface area contributed by atoms with Crippen molar-refractivity contribution in [3.05, 3.63) is 35.3 Å². The predicted molar refractivity (Wildman–Crippen MR) is 134 cm³/mol. The van der Waals surface area contributed by atoms with Crippen LogP contribution in [0.5, 0.6) is 0 Å². The highest BCUT2D eigenvalue weighted by atomic mass is 32.1. The number of ether oxygens (including phenoxy) is 1. The number of piperidine rings is 1. The van der Waals surface area contributed by atoms with Crippen LogP contribution in [0.4, 0.5) is 9.93 Å². The second-order valence-electron chi connectivity index (χ2n) is 9.06. The number of nitrogens with one attached hydrogen (secondary N) is 1. The fraction of sp³-hybridized carbons (Fsp3) is 0.480. The SMILES string of the molecule is CCOC(=O)N1CCC(n2nc(-c3ccc(C)nc3)c3c2-c2sc(NC(C)=O)nc2CCC3)CC1. The summed E-state index contributed by atoms with van der Waals surface area (Å²) in [5, 5.41) is 8.65. The number of likely N-dealkylation sites (tertiary alicyclic amines) is 1. The van der Waals surface area contributed by atoms with Crippen molar-refractivity contribution in [1.29, 1.82) is 0 Å². The third-order valence-corrected chi connectivity index (χ3v) is 7.59. The number of aryl methyl sites for hydroxylation is 2. The fourth-order valence-corrected chi connectivity index (χ4v) is 6.02. The van der Waals surface area contributed by atoms with Crippen LogP contribution >= 0.6 is 11.3 Å². The normalized spacial score (nSPS) is 15.8. The van der Waals surface area contributed by atoms with E-state index < -0.39 is 0 Å². The van der Waals surface area contributed by atoms with Gasteiger partial charge in [0, 0.05) is 43.0 Å². The van der Waals surface area contributed by atoms with E-state index in [1.54, 1.807) is 4.90 Å². The maximum Gasteiger partial charge on any atom is 0.409 e. The van der Waals surface area contributed by atoms with Gasteiger partial charge in [0.25, 0.3) is 0 Å². The minimum absolute atomic E-state index is 0.125. The van der Waals surface area contributed by atoms with Crippen LogP contribution in [0.3, 0.4) is 0 Å². The van der Waals surface area contributed by atoms with Crippen molar-refractivity contribution in [2.45, 2.75) is 58.9 Å². The van der Waals surface area contributed by atoms with Gasteiger partial charge >= 0.3 is 6.09 Å². The number of nitrogens with zero attached hydrogens (tertiary/aromatic N) is 5. The topological polar surface area (TPSA) is 102 Å². The van der Waals surface area contributed by atoms with Gasteiger partial charge in [-0.25, -0.2) is 9.78 Å². The monoisotopic (exact) mass is 494 g/mol. The third kappa shape index (κ3) is 4.67. The van der Waals surface area contributed by atoms with Gasteiger partial charge in [0.1, 0.15) is 0 Å². The van der Waals surface area contributed by atoms with Crippen molar-refractivity contribution < 1.29 is 14.3 Å². The predicted octanol–water partition coefficient (Wildman–Crippen LogP) is 4.62. The number of aromatic nitrogens is 4. The summed E-state index contributed by atoms with van der Waals surface area (Å²) in [5.74, 6) is -0.125. The van der Waals surface area contributed by atoms with Crippen molar-refractivity contribution in [1.82, 2.24) is 24.6 Å². The average Bonchev–Trinajstić information content (AvgIpc) is 3.36. The van der Waals surface area contributed by atoms with Crippen LogP contribution in [0.25, 0.3) is 21.8 Å². The van der Waals surface area contributed by atoms with Crippen molar-refractivity contribution >= 4 is 28.5 Å². The first-order valence-corrected chi connectivity index (χ1v) is 13.0. The van der Waals surface area contributed by atoms with Crippen molar-refractivity contribution in [2.75, 3.05) is 25.0 Å². The first kappa shape index (κ1) is 23.5. The van der Waals surface area contributed by atoms with E-state index in [-0.39, 0.29) is 18.0 Å². The zero-order valence-electron chi connectivity index (χ0n) is 20.3. The Hall–Kier alpha value is -3.27. The number of carbonyl (C=O) groups excluding carboxylic acids is 2. The molecule has 184 valence electrons. The van der Waals surface area contributed by atoms with E-state index in [9.17, 15) is 9.59 Å². The molecule has 2 aliphatic rings. The first-order valence-electron chi connectivity index (χ1n) is 12.2. The molecule has 1 N–H and O–H groups in total. The lowest BCUT2D eigenvalue weighted by Gasteiger charge is -2.32. The minimum atomic E-state index is -0.249. The number of hydrogen-bond donors (Lipinski definition) is 1. The molecule has 0 radical (unpaired) electrons. The van der Waals surface area contributed by atoms with Crippen molar-refractivity contribution in [2.24, 2.45) is 0 Å². The molecule has 5 rings (SSSR count). The molecule has 2 amide bonds. The standard InChI is InChI=1S/C25H30N6O3S/c1-4-34-25(33)30-12-10-18(11-13-30)31-22-19(21(29-31)17-9-8-15(2)26-14-17)6-5-7-20-23(22)35-24(28-20)27-16(3)32/h8-9,14,18H,4-7,10-13H2,1-3H3,(H,27,28,32). The lowest BCUT2D eigenvalue weighted by Crippen LogP contribution is -2.39. The van der Waals surface area contributed by atoms with Crippen LogP contribution in [0, 0.1) is 6.92 Å². The number of rotatable bonds is 4. The van der Waals surface area contributed by atoms with Crippen molar-refractivity contribution in [3.8, 4) is 21.8 Å². The molecule has 1 saturated heterocycles. The van der Waals surface area contributed by atoms with Gasteiger partial charge in [-0.05, 0) is 58.1 Å². The van der Waals surface area contributed by atoms with E-state index >= 15 is 0 Å². The van der Waals surface area contributed by atoms with E-state index in [1.807, 2.05) is 26.1 Å². The second-order valence-corrected chi connectivity index (χ2v) is 10.1. The van der Waals surface area contributed by atoms with E-state index in [4.69, 9.17) is 14.8 Å². The Morgan fingerprint density at radius 1 is 1.23 bits per heavy atom. The zero-order chi connectivity index (χ0) is 24.5. The molecule has 4 heterocycles. The summed E-state index contributed by atoms with van der Waals surface area (Å²) in [6.45, 7) is 6.95. The molecular formula is C25H30N6O3S. The number of fused-ring (bicyclic) bond motifs is 3. The van der Waals surface area contributed by atoms with Gasteiger partial charge in [0.2, 0.25) is 5.91 Å². The number of hydrogen-bond acceptors (Lipinski definition) is 7. The summed E-state index contributed by atoms with van der Waals surface area (Å²) >= 11 is 1.52. The highest BCUT2D eigenvalue weighted by Gasteiger charge is 2.33. The minimum Gasteiger partial charge on any atom is -0.450 e. The summed E-state index contributed by atoms with van der Waals surface area (Å²) in [7, 11) is 0. The van der Waals surface area contributed by atoms with Crippen LogP contribution in [0.15, 0.2) is 18.3 Å². The van der Waals surface area contributed by atoms with E-state index in [0.29, 0.717) is 24.8 Å². The van der Waals surface area contributed by atoms with Gasteiger partial charge in [-0.15, -0.1) is 0 Å². The summed E-state index contributed by atoms with van der Waals surface area (Å²) in [6.07, 6.45) is 5.96. The van der Waals surface area contributed by atoms with Gasteiger partial charge in [0.15, 0.2) is 5.13 Å². The quantitative estimate of drug-likeness (QED) is 0.568. The number of anilines is 1. The summed E-state index contributed by atoms with van der Waals surface area (Å²) in [6, 6.07) is 4.25. The smallest absolute Gasteiger partial charge is 0.409 e. The molecule has 0 unspecified atom stereocenters. The molecule has 0 spiro atoms. The fourth-order valence-electron chi connectivity index (χ4n) is 4.90.